The van der Waals surface area contributed by atoms with Crippen molar-refractivity contribution < 1.29 is 9.47 Å². The van der Waals surface area contributed by atoms with E-state index >= 15 is 0 Å². The summed E-state index contributed by atoms with van der Waals surface area (Å²) in [5, 5.41) is 3.41. The minimum Gasteiger partial charge on any atom is -0.381 e. The van der Waals surface area contributed by atoms with Crippen LogP contribution in [0.5, 0.6) is 0 Å². The number of hydrogen-bond acceptors (Lipinski definition) is 3. The van der Waals surface area contributed by atoms with Crippen molar-refractivity contribution in [3.8, 4) is 0 Å². The van der Waals surface area contributed by atoms with Crippen molar-refractivity contribution in [2.24, 2.45) is 5.92 Å². The van der Waals surface area contributed by atoms with E-state index in [4.69, 9.17) is 9.47 Å². The van der Waals surface area contributed by atoms with E-state index in [1.807, 2.05) is 7.05 Å². The Morgan fingerprint density at radius 3 is 2.55 bits per heavy atom. The fourth-order valence-corrected chi connectivity index (χ4v) is 2.85. The van der Waals surface area contributed by atoms with E-state index in [9.17, 15) is 0 Å². The van der Waals surface area contributed by atoms with Gasteiger partial charge in [0, 0.05) is 13.2 Å². The summed E-state index contributed by atoms with van der Waals surface area (Å²) >= 11 is 0. The molecule has 3 heteroatoms. The van der Waals surface area contributed by atoms with E-state index in [0.717, 1.165) is 39.1 Å². The topological polar surface area (TPSA) is 30.5 Å². The quantitative estimate of drug-likeness (QED) is 0.830. The monoisotopic (exact) mass is 277 g/mol. The zero-order valence-corrected chi connectivity index (χ0v) is 12.7. The molecule has 1 aliphatic heterocycles. The van der Waals surface area contributed by atoms with Gasteiger partial charge < -0.3 is 14.8 Å². The lowest BCUT2D eigenvalue weighted by Gasteiger charge is -2.29. The fourth-order valence-electron chi connectivity index (χ4n) is 2.85. The maximum absolute atomic E-state index is 6.22. The molecule has 1 saturated heterocycles. The molecule has 0 spiro atoms. The summed E-state index contributed by atoms with van der Waals surface area (Å²) in [6, 6.07) is 10.8. The van der Waals surface area contributed by atoms with Gasteiger partial charge in [-0.05, 0) is 37.8 Å². The Morgan fingerprint density at radius 1 is 1.25 bits per heavy atom. The minimum atomic E-state index is 0.227. The van der Waals surface area contributed by atoms with Gasteiger partial charge in [-0.15, -0.1) is 0 Å². The summed E-state index contributed by atoms with van der Waals surface area (Å²) < 4.78 is 11.6. The van der Waals surface area contributed by atoms with Crippen molar-refractivity contribution in [1.29, 1.82) is 0 Å². The zero-order chi connectivity index (χ0) is 14.2. The molecular formula is C17H27NO2. The summed E-state index contributed by atoms with van der Waals surface area (Å²) in [7, 11) is 2.01. The van der Waals surface area contributed by atoms with Crippen LogP contribution >= 0.6 is 0 Å². The average molecular weight is 277 g/mol. The van der Waals surface area contributed by atoms with Crippen LogP contribution in [0.2, 0.25) is 0 Å². The first kappa shape index (κ1) is 15.5. The highest BCUT2D eigenvalue weighted by Crippen LogP contribution is 2.23. The van der Waals surface area contributed by atoms with Gasteiger partial charge in [-0.2, -0.15) is 0 Å². The van der Waals surface area contributed by atoms with Crippen LogP contribution in [0.25, 0.3) is 0 Å². The van der Waals surface area contributed by atoms with Gasteiger partial charge in [0.2, 0.25) is 0 Å². The van der Waals surface area contributed by atoms with E-state index < -0.39 is 0 Å². The predicted molar refractivity (Wildman–Crippen MR) is 81.8 cm³/mol. The third-order valence-electron chi connectivity index (χ3n) is 4.13. The summed E-state index contributed by atoms with van der Waals surface area (Å²) in [6.07, 6.45) is 3.51. The average Bonchev–Trinajstić information content (AvgIpc) is 2.53. The van der Waals surface area contributed by atoms with E-state index in [0.29, 0.717) is 5.92 Å². The molecular weight excluding hydrogens is 250 g/mol. The number of nitrogens with one attached hydrogen (secondary N) is 1. The van der Waals surface area contributed by atoms with Gasteiger partial charge in [-0.1, -0.05) is 37.3 Å². The SMILES string of the molecule is CCC(OCC1CCOCC1)C(NC)c1ccccc1. The molecule has 0 saturated carbocycles. The Morgan fingerprint density at radius 2 is 1.95 bits per heavy atom. The number of ether oxygens (including phenoxy) is 2. The Kier molecular flexibility index (Phi) is 6.51. The van der Waals surface area contributed by atoms with Crippen LogP contribution in [0.1, 0.15) is 37.8 Å². The van der Waals surface area contributed by atoms with Gasteiger partial charge in [-0.3, -0.25) is 0 Å². The lowest BCUT2D eigenvalue weighted by atomic mass is 9.98. The molecule has 1 aliphatic rings. The molecule has 2 rings (SSSR count). The standard InChI is InChI=1S/C17H27NO2/c1-3-16(20-13-14-9-11-19-12-10-14)17(18-2)15-7-5-4-6-8-15/h4-8,14,16-18H,3,9-13H2,1-2H3. The van der Waals surface area contributed by atoms with Crippen LogP contribution in [-0.2, 0) is 9.47 Å². The van der Waals surface area contributed by atoms with Gasteiger partial charge in [-0.25, -0.2) is 0 Å². The second kappa shape index (κ2) is 8.40. The van der Waals surface area contributed by atoms with Crippen molar-refractivity contribution in [2.45, 2.75) is 38.3 Å². The van der Waals surface area contributed by atoms with Crippen LogP contribution in [0.15, 0.2) is 30.3 Å². The Bertz CT molecular complexity index is 363. The van der Waals surface area contributed by atoms with E-state index in [1.165, 1.54) is 5.56 Å². The van der Waals surface area contributed by atoms with Crippen LogP contribution < -0.4 is 5.32 Å². The Labute approximate surface area is 122 Å². The van der Waals surface area contributed by atoms with Crippen molar-refractivity contribution in [3.05, 3.63) is 35.9 Å². The Balaban J connectivity index is 1.91. The molecule has 0 amide bonds. The maximum Gasteiger partial charge on any atom is 0.0767 e. The summed E-state index contributed by atoms with van der Waals surface area (Å²) in [4.78, 5) is 0. The molecule has 1 fully saturated rings. The molecule has 112 valence electrons. The van der Waals surface area contributed by atoms with Gasteiger partial charge in [0.15, 0.2) is 0 Å². The molecule has 0 aliphatic carbocycles. The lowest BCUT2D eigenvalue weighted by molar-refractivity contribution is -0.0250. The van der Waals surface area contributed by atoms with E-state index in [2.05, 4.69) is 42.6 Å². The van der Waals surface area contributed by atoms with Crippen LogP contribution in [-0.4, -0.2) is 33.0 Å². The maximum atomic E-state index is 6.22. The van der Waals surface area contributed by atoms with E-state index in [1.54, 1.807) is 0 Å². The van der Waals surface area contributed by atoms with Crippen LogP contribution in [0.4, 0.5) is 0 Å². The second-order valence-electron chi connectivity index (χ2n) is 5.51. The zero-order valence-electron chi connectivity index (χ0n) is 12.7. The number of rotatable bonds is 7. The van der Waals surface area contributed by atoms with Crippen molar-refractivity contribution in [2.75, 3.05) is 26.9 Å². The molecule has 1 aromatic carbocycles. The highest BCUT2D eigenvalue weighted by molar-refractivity contribution is 5.20. The van der Waals surface area contributed by atoms with Gasteiger partial charge in [0.25, 0.3) is 0 Å². The first-order valence-corrected chi connectivity index (χ1v) is 7.76. The lowest BCUT2D eigenvalue weighted by Crippen LogP contribution is -2.33. The molecule has 2 atom stereocenters. The summed E-state index contributed by atoms with van der Waals surface area (Å²) in [5.74, 6) is 0.658. The summed E-state index contributed by atoms with van der Waals surface area (Å²) in [5.41, 5.74) is 1.30. The van der Waals surface area contributed by atoms with Crippen LogP contribution in [0, 0.1) is 5.92 Å². The molecule has 1 aromatic rings. The largest absolute Gasteiger partial charge is 0.381 e. The molecule has 1 heterocycles. The number of hydrogen-bond donors (Lipinski definition) is 1. The second-order valence-corrected chi connectivity index (χ2v) is 5.51. The van der Waals surface area contributed by atoms with Gasteiger partial charge in [0.05, 0.1) is 18.8 Å². The van der Waals surface area contributed by atoms with Gasteiger partial charge >= 0.3 is 0 Å². The molecule has 3 nitrogen and oxygen atoms in total. The molecule has 0 aromatic heterocycles. The first-order valence-electron chi connectivity index (χ1n) is 7.76. The van der Waals surface area contributed by atoms with E-state index in [-0.39, 0.29) is 12.1 Å². The Hall–Kier alpha value is -0.900. The highest BCUT2D eigenvalue weighted by Gasteiger charge is 2.23. The van der Waals surface area contributed by atoms with Gasteiger partial charge in [0.1, 0.15) is 0 Å². The first-order chi connectivity index (χ1) is 9.85. The van der Waals surface area contributed by atoms with Crippen LogP contribution in [0.3, 0.4) is 0 Å². The predicted octanol–water partition coefficient (Wildman–Crippen LogP) is 3.17. The third-order valence-corrected chi connectivity index (χ3v) is 4.13. The molecule has 20 heavy (non-hydrogen) atoms. The van der Waals surface area contributed by atoms with Crippen molar-refractivity contribution in [3.63, 3.8) is 0 Å². The van der Waals surface area contributed by atoms with Crippen molar-refractivity contribution >= 4 is 0 Å². The third kappa shape index (κ3) is 4.30. The normalized spacial score (nSPS) is 19.7. The molecule has 2 unspecified atom stereocenters. The number of likely N-dealkylation sites (N-methyl/N-ethyl adjacent to an activating group) is 1. The molecule has 0 radical (unpaired) electrons. The summed E-state index contributed by atoms with van der Waals surface area (Å²) in [6.45, 7) is 4.83. The highest BCUT2D eigenvalue weighted by atomic mass is 16.5. The molecule has 0 bridgehead atoms. The fraction of sp³-hybridized carbons (Fsp3) is 0.647. The molecule has 1 N–H and O–H groups in total. The minimum absolute atomic E-state index is 0.227. The van der Waals surface area contributed by atoms with Crippen molar-refractivity contribution in [1.82, 2.24) is 5.32 Å². The smallest absolute Gasteiger partial charge is 0.0767 e. The number of benzene rings is 1.